The van der Waals surface area contributed by atoms with Crippen molar-refractivity contribution in [2.45, 2.75) is 46.6 Å². The molecule has 5 rings (SSSR count). The standard InChI is InChI=1S/C31H30N2O4S/c1-5-14-37-23-9-7-8-22(17-23)28(34)25-27(21-12-10-20(6-2)11-13-21)33(30(36)29(25)35)31-32-26-19(4)15-18(3)16-24(26)38-31/h7-13,15-17,27,34H,5-6,14H2,1-4H3. The molecule has 1 unspecified atom stereocenters. The minimum atomic E-state index is -0.817. The molecule has 6 nitrogen and oxygen atoms in total. The van der Waals surface area contributed by atoms with Crippen LogP contribution in [0.15, 0.2) is 66.2 Å². The predicted octanol–water partition coefficient (Wildman–Crippen LogP) is 6.89. The predicted molar refractivity (Wildman–Crippen MR) is 152 cm³/mol. The van der Waals surface area contributed by atoms with Gasteiger partial charge in [-0.15, -0.1) is 0 Å². The number of hydrogen-bond donors (Lipinski definition) is 1. The number of aromatic nitrogens is 1. The Morgan fingerprint density at radius 1 is 1.05 bits per heavy atom. The first-order chi connectivity index (χ1) is 18.3. The van der Waals surface area contributed by atoms with Crippen molar-refractivity contribution in [1.29, 1.82) is 0 Å². The molecule has 7 heteroatoms. The zero-order valence-electron chi connectivity index (χ0n) is 21.9. The lowest BCUT2D eigenvalue weighted by Gasteiger charge is -2.23. The van der Waals surface area contributed by atoms with E-state index in [1.165, 1.54) is 16.2 Å². The van der Waals surface area contributed by atoms with Gasteiger partial charge in [0.1, 0.15) is 11.5 Å². The lowest BCUT2D eigenvalue weighted by molar-refractivity contribution is -0.132. The summed E-state index contributed by atoms with van der Waals surface area (Å²) in [5.41, 5.74) is 5.24. The maximum Gasteiger partial charge on any atom is 0.301 e. The van der Waals surface area contributed by atoms with Crippen LogP contribution in [0.2, 0.25) is 0 Å². The Morgan fingerprint density at radius 3 is 2.53 bits per heavy atom. The van der Waals surface area contributed by atoms with E-state index in [4.69, 9.17) is 9.72 Å². The van der Waals surface area contributed by atoms with Gasteiger partial charge in [-0.2, -0.15) is 0 Å². The Bertz CT molecular complexity index is 1570. The highest BCUT2D eigenvalue weighted by molar-refractivity contribution is 7.22. The SMILES string of the molecule is CCCOc1cccc(C(O)=C2C(=O)C(=O)N(c3nc4c(C)cc(C)cc4s3)C2c2ccc(CC)cc2)c1. The van der Waals surface area contributed by atoms with Crippen LogP contribution in [-0.4, -0.2) is 28.4 Å². The molecule has 0 radical (unpaired) electrons. The molecular weight excluding hydrogens is 496 g/mol. The summed E-state index contributed by atoms with van der Waals surface area (Å²) in [7, 11) is 0. The fraction of sp³-hybridized carbons (Fsp3) is 0.258. The second-order valence-electron chi connectivity index (χ2n) is 9.57. The van der Waals surface area contributed by atoms with Gasteiger partial charge in [-0.05, 0) is 67.1 Å². The third-order valence-electron chi connectivity index (χ3n) is 6.75. The number of ether oxygens (including phenoxy) is 1. The molecule has 194 valence electrons. The maximum absolute atomic E-state index is 13.6. The third-order valence-corrected chi connectivity index (χ3v) is 7.75. The Morgan fingerprint density at radius 2 is 1.82 bits per heavy atom. The molecule has 0 bridgehead atoms. The number of ketones is 1. The number of anilines is 1. The summed E-state index contributed by atoms with van der Waals surface area (Å²) >= 11 is 1.37. The van der Waals surface area contributed by atoms with E-state index in [1.807, 2.05) is 51.1 Å². The first-order valence-corrected chi connectivity index (χ1v) is 13.6. The van der Waals surface area contributed by atoms with Crippen molar-refractivity contribution in [2.24, 2.45) is 0 Å². The van der Waals surface area contributed by atoms with Crippen molar-refractivity contribution >= 4 is 44.1 Å². The summed E-state index contributed by atoms with van der Waals surface area (Å²) in [6.45, 7) is 8.63. The number of aryl methyl sites for hydroxylation is 3. The summed E-state index contributed by atoms with van der Waals surface area (Å²) in [4.78, 5) is 33.3. The summed E-state index contributed by atoms with van der Waals surface area (Å²) in [5, 5.41) is 11.9. The molecule has 2 heterocycles. The summed E-state index contributed by atoms with van der Waals surface area (Å²) in [5.74, 6) is -1.08. The number of fused-ring (bicyclic) bond motifs is 1. The second-order valence-corrected chi connectivity index (χ2v) is 10.6. The minimum Gasteiger partial charge on any atom is -0.507 e. The number of Topliss-reactive ketones (excluding diaryl/α,β-unsaturated/α-hetero) is 1. The summed E-state index contributed by atoms with van der Waals surface area (Å²) in [6.07, 6.45) is 1.71. The van der Waals surface area contributed by atoms with E-state index >= 15 is 0 Å². The smallest absolute Gasteiger partial charge is 0.301 e. The number of aliphatic hydroxyl groups is 1. The molecular formula is C31H30N2O4S. The number of aliphatic hydroxyl groups excluding tert-OH is 1. The quantitative estimate of drug-likeness (QED) is 0.161. The molecule has 1 N–H and O–H groups in total. The Labute approximate surface area is 226 Å². The number of rotatable bonds is 7. The molecule has 1 saturated heterocycles. The number of carbonyl (C=O) groups excluding carboxylic acids is 2. The second kappa shape index (κ2) is 10.4. The Kier molecular flexibility index (Phi) is 7.04. The van der Waals surface area contributed by atoms with Crippen LogP contribution in [0.1, 0.15) is 54.1 Å². The van der Waals surface area contributed by atoms with Gasteiger partial charge in [-0.25, -0.2) is 4.98 Å². The highest BCUT2D eigenvalue weighted by atomic mass is 32.1. The van der Waals surface area contributed by atoms with Gasteiger partial charge in [-0.3, -0.25) is 14.5 Å². The fourth-order valence-electron chi connectivity index (χ4n) is 4.85. The normalized spacial score (nSPS) is 16.9. The molecule has 4 aromatic rings. The molecule has 1 aromatic heterocycles. The number of benzene rings is 3. The lowest BCUT2D eigenvalue weighted by atomic mass is 9.94. The van der Waals surface area contributed by atoms with E-state index in [0.29, 0.717) is 23.1 Å². The average Bonchev–Trinajstić information content (AvgIpc) is 3.45. The van der Waals surface area contributed by atoms with E-state index in [1.54, 1.807) is 24.3 Å². The first kappa shape index (κ1) is 25.7. The van der Waals surface area contributed by atoms with Gasteiger partial charge in [0.15, 0.2) is 5.13 Å². The van der Waals surface area contributed by atoms with E-state index in [0.717, 1.165) is 45.3 Å². The van der Waals surface area contributed by atoms with Crippen LogP contribution in [-0.2, 0) is 16.0 Å². The van der Waals surface area contributed by atoms with Crippen LogP contribution < -0.4 is 9.64 Å². The zero-order valence-corrected chi connectivity index (χ0v) is 22.8. The summed E-state index contributed by atoms with van der Waals surface area (Å²) in [6, 6.07) is 18.0. The highest BCUT2D eigenvalue weighted by Gasteiger charge is 2.48. The molecule has 0 saturated carbocycles. The van der Waals surface area contributed by atoms with Crippen LogP contribution in [0.4, 0.5) is 5.13 Å². The Balaban J connectivity index is 1.69. The van der Waals surface area contributed by atoms with Crippen LogP contribution >= 0.6 is 11.3 Å². The fourth-order valence-corrected chi connectivity index (χ4v) is 6.02. The van der Waals surface area contributed by atoms with Gasteiger partial charge < -0.3 is 9.84 Å². The molecule has 3 aromatic carbocycles. The number of nitrogens with zero attached hydrogens (tertiary/aromatic N) is 2. The topological polar surface area (TPSA) is 79.7 Å². The summed E-state index contributed by atoms with van der Waals surface area (Å²) < 4.78 is 6.68. The largest absolute Gasteiger partial charge is 0.507 e. The van der Waals surface area contributed by atoms with Crippen molar-refractivity contribution < 1.29 is 19.4 Å². The number of amides is 1. The van der Waals surface area contributed by atoms with Crippen LogP contribution in [0.25, 0.3) is 16.0 Å². The first-order valence-electron chi connectivity index (χ1n) is 12.8. The Hall–Kier alpha value is -3.97. The van der Waals surface area contributed by atoms with E-state index in [-0.39, 0.29) is 11.3 Å². The lowest BCUT2D eigenvalue weighted by Crippen LogP contribution is -2.29. The van der Waals surface area contributed by atoms with Crippen molar-refractivity contribution in [3.8, 4) is 5.75 Å². The highest BCUT2D eigenvalue weighted by Crippen LogP contribution is 2.45. The van der Waals surface area contributed by atoms with Crippen LogP contribution in [0.5, 0.6) is 5.75 Å². The molecule has 38 heavy (non-hydrogen) atoms. The van der Waals surface area contributed by atoms with Crippen molar-refractivity contribution in [2.75, 3.05) is 11.5 Å². The molecule has 0 aliphatic carbocycles. The van der Waals surface area contributed by atoms with Crippen molar-refractivity contribution in [3.05, 3.63) is 94.1 Å². The molecule has 0 spiro atoms. The third kappa shape index (κ3) is 4.58. The van der Waals surface area contributed by atoms with Crippen LogP contribution in [0, 0.1) is 13.8 Å². The van der Waals surface area contributed by atoms with E-state index in [9.17, 15) is 14.7 Å². The molecule has 1 aliphatic rings. The number of hydrogen-bond acceptors (Lipinski definition) is 6. The van der Waals surface area contributed by atoms with E-state index in [2.05, 4.69) is 13.0 Å². The molecule has 1 amide bonds. The van der Waals surface area contributed by atoms with E-state index < -0.39 is 17.7 Å². The van der Waals surface area contributed by atoms with Crippen molar-refractivity contribution in [3.63, 3.8) is 0 Å². The molecule has 1 atom stereocenters. The van der Waals surface area contributed by atoms with Gasteiger partial charge >= 0.3 is 5.91 Å². The van der Waals surface area contributed by atoms with Gasteiger partial charge in [0.2, 0.25) is 0 Å². The van der Waals surface area contributed by atoms with Crippen molar-refractivity contribution in [1.82, 2.24) is 4.98 Å². The molecule has 1 fully saturated rings. The van der Waals surface area contributed by atoms with Crippen LogP contribution in [0.3, 0.4) is 0 Å². The average molecular weight is 527 g/mol. The monoisotopic (exact) mass is 526 g/mol. The van der Waals surface area contributed by atoms with Gasteiger partial charge in [0, 0.05) is 5.56 Å². The maximum atomic E-state index is 13.6. The number of carbonyl (C=O) groups is 2. The van der Waals surface area contributed by atoms with Gasteiger partial charge in [-0.1, -0.05) is 67.6 Å². The van der Waals surface area contributed by atoms with Gasteiger partial charge in [0.25, 0.3) is 5.78 Å². The minimum absolute atomic E-state index is 0.0408. The molecule has 1 aliphatic heterocycles. The number of thiazole rings is 1. The zero-order chi connectivity index (χ0) is 27.0. The van der Waals surface area contributed by atoms with Gasteiger partial charge in [0.05, 0.1) is 28.4 Å².